The maximum absolute atomic E-state index is 8.97. The van der Waals surface area contributed by atoms with Crippen LogP contribution < -0.4 is 0 Å². The van der Waals surface area contributed by atoms with Crippen LogP contribution in [0.4, 0.5) is 0 Å². The molecule has 1 atom stereocenters. The average Bonchev–Trinajstić information content (AvgIpc) is 2.85. The van der Waals surface area contributed by atoms with Gasteiger partial charge in [0.25, 0.3) is 0 Å². The summed E-state index contributed by atoms with van der Waals surface area (Å²) in [5.74, 6) is 1.48. The van der Waals surface area contributed by atoms with E-state index in [0.29, 0.717) is 5.75 Å². The zero-order chi connectivity index (χ0) is 12.1. The quantitative estimate of drug-likeness (QED) is 0.866. The number of thioether (sulfide) groups is 1. The molecule has 0 radical (unpaired) electrons. The van der Waals surface area contributed by atoms with Crippen LogP contribution >= 0.6 is 11.8 Å². The maximum atomic E-state index is 8.97. The topological polar surface area (TPSA) is 63.8 Å². The fourth-order valence-electron chi connectivity index (χ4n) is 1.33. The molecule has 0 aliphatic heterocycles. The number of benzene rings is 1. The molecule has 1 unspecified atom stereocenters. The first-order chi connectivity index (χ1) is 8.31. The molecule has 1 N–H and O–H groups in total. The van der Waals surface area contributed by atoms with Crippen LogP contribution in [0, 0.1) is 0 Å². The third-order valence-electron chi connectivity index (χ3n) is 2.29. The molecule has 0 bridgehead atoms. The molecule has 1 aromatic carbocycles. The highest BCUT2D eigenvalue weighted by atomic mass is 32.2. The molecule has 0 saturated heterocycles. The van der Waals surface area contributed by atoms with Gasteiger partial charge in [0.2, 0.25) is 0 Å². The lowest BCUT2D eigenvalue weighted by Crippen LogP contribution is -2.06. The van der Waals surface area contributed by atoms with Gasteiger partial charge < -0.3 is 5.11 Å². The van der Waals surface area contributed by atoms with Crippen LogP contribution in [0.5, 0.6) is 0 Å². The molecule has 90 valence electrons. The standard InChI is InChI=1S/C11H14N4OS/c1-9(7-16)17-8-11-12-13-14-15(11)10-5-3-2-4-6-10/h2-6,9,16H,7-8H2,1H3. The highest BCUT2D eigenvalue weighted by Gasteiger charge is 2.09. The number of tetrazole rings is 1. The summed E-state index contributed by atoms with van der Waals surface area (Å²) < 4.78 is 1.72. The molecular formula is C11H14N4OS. The number of rotatable bonds is 5. The van der Waals surface area contributed by atoms with Gasteiger partial charge in [-0.15, -0.1) is 16.9 Å². The number of aromatic nitrogens is 4. The number of nitrogens with zero attached hydrogens (tertiary/aromatic N) is 4. The SMILES string of the molecule is CC(CO)SCc1nnnn1-c1ccccc1. The molecule has 2 aromatic rings. The first-order valence-electron chi connectivity index (χ1n) is 5.36. The van der Waals surface area contributed by atoms with Gasteiger partial charge in [0.05, 0.1) is 18.0 Å². The van der Waals surface area contributed by atoms with Gasteiger partial charge in [0, 0.05) is 5.25 Å². The second-order valence-electron chi connectivity index (χ2n) is 3.65. The van der Waals surface area contributed by atoms with Crippen LogP contribution in [-0.2, 0) is 5.75 Å². The molecule has 6 heteroatoms. The molecule has 0 amide bonds. The normalized spacial score (nSPS) is 12.6. The van der Waals surface area contributed by atoms with Gasteiger partial charge in [-0.1, -0.05) is 25.1 Å². The van der Waals surface area contributed by atoms with Crippen molar-refractivity contribution in [1.82, 2.24) is 20.2 Å². The van der Waals surface area contributed by atoms with Crippen LogP contribution in [0.1, 0.15) is 12.7 Å². The van der Waals surface area contributed by atoms with Crippen molar-refractivity contribution in [3.05, 3.63) is 36.2 Å². The first-order valence-corrected chi connectivity index (χ1v) is 6.41. The van der Waals surface area contributed by atoms with Crippen molar-refractivity contribution >= 4 is 11.8 Å². The van der Waals surface area contributed by atoms with E-state index >= 15 is 0 Å². The minimum atomic E-state index is 0.164. The van der Waals surface area contributed by atoms with E-state index in [0.717, 1.165) is 11.5 Å². The summed E-state index contributed by atoms with van der Waals surface area (Å²) in [7, 11) is 0. The molecule has 0 aliphatic carbocycles. The summed E-state index contributed by atoms with van der Waals surface area (Å²) in [6.45, 7) is 2.14. The van der Waals surface area contributed by atoms with Crippen molar-refractivity contribution in [3.63, 3.8) is 0 Å². The third-order valence-corrected chi connectivity index (χ3v) is 3.43. The fraction of sp³-hybridized carbons (Fsp3) is 0.364. The highest BCUT2D eigenvalue weighted by molar-refractivity contribution is 7.99. The van der Waals surface area contributed by atoms with Crippen molar-refractivity contribution in [3.8, 4) is 5.69 Å². The molecule has 1 heterocycles. The highest BCUT2D eigenvalue weighted by Crippen LogP contribution is 2.17. The predicted molar refractivity (Wildman–Crippen MR) is 67.0 cm³/mol. The zero-order valence-electron chi connectivity index (χ0n) is 9.52. The second kappa shape index (κ2) is 5.79. The molecule has 0 fully saturated rings. The van der Waals surface area contributed by atoms with E-state index in [2.05, 4.69) is 15.5 Å². The van der Waals surface area contributed by atoms with Crippen molar-refractivity contribution < 1.29 is 5.11 Å². The maximum Gasteiger partial charge on any atom is 0.166 e. The van der Waals surface area contributed by atoms with E-state index in [4.69, 9.17) is 5.11 Å². The van der Waals surface area contributed by atoms with Gasteiger partial charge >= 0.3 is 0 Å². The molecule has 17 heavy (non-hydrogen) atoms. The number of hydrogen-bond acceptors (Lipinski definition) is 5. The van der Waals surface area contributed by atoms with Crippen molar-refractivity contribution in [2.75, 3.05) is 6.61 Å². The smallest absolute Gasteiger partial charge is 0.166 e. The van der Waals surface area contributed by atoms with Crippen molar-refractivity contribution in [2.24, 2.45) is 0 Å². The van der Waals surface area contributed by atoms with E-state index in [9.17, 15) is 0 Å². The van der Waals surface area contributed by atoms with Gasteiger partial charge in [0.1, 0.15) is 0 Å². The Balaban J connectivity index is 2.12. The monoisotopic (exact) mass is 250 g/mol. The van der Waals surface area contributed by atoms with Gasteiger partial charge in [-0.05, 0) is 22.6 Å². The lowest BCUT2D eigenvalue weighted by molar-refractivity contribution is 0.300. The molecule has 0 saturated carbocycles. The van der Waals surface area contributed by atoms with Crippen LogP contribution in [0.25, 0.3) is 5.69 Å². The molecule has 1 aromatic heterocycles. The molecule has 5 nitrogen and oxygen atoms in total. The van der Waals surface area contributed by atoms with Crippen molar-refractivity contribution in [1.29, 1.82) is 0 Å². The first kappa shape index (κ1) is 12.1. The summed E-state index contributed by atoms with van der Waals surface area (Å²) in [5, 5.41) is 20.8. The van der Waals surface area contributed by atoms with Crippen LogP contribution in [0.15, 0.2) is 30.3 Å². The van der Waals surface area contributed by atoms with Gasteiger partial charge in [-0.3, -0.25) is 0 Å². The van der Waals surface area contributed by atoms with Gasteiger partial charge in [-0.2, -0.15) is 4.68 Å². The molecule has 0 spiro atoms. The lowest BCUT2D eigenvalue weighted by Gasteiger charge is -2.07. The minimum absolute atomic E-state index is 0.164. The Bertz CT molecular complexity index is 460. The summed E-state index contributed by atoms with van der Waals surface area (Å²) >= 11 is 1.63. The Labute approximate surface area is 104 Å². The van der Waals surface area contributed by atoms with E-state index in [1.165, 1.54) is 0 Å². The number of hydrogen-bond donors (Lipinski definition) is 1. The van der Waals surface area contributed by atoms with E-state index in [1.54, 1.807) is 16.4 Å². The number of aliphatic hydroxyl groups excluding tert-OH is 1. The Morgan fingerprint density at radius 2 is 2.12 bits per heavy atom. The predicted octanol–water partition coefficient (Wildman–Crippen LogP) is 1.28. The Kier molecular flexibility index (Phi) is 4.11. The van der Waals surface area contributed by atoms with E-state index < -0.39 is 0 Å². The summed E-state index contributed by atoms with van der Waals surface area (Å²) in [4.78, 5) is 0. The van der Waals surface area contributed by atoms with Gasteiger partial charge in [-0.25, -0.2) is 0 Å². The molecular weight excluding hydrogens is 236 g/mol. The molecule has 2 rings (SSSR count). The van der Waals surface area contributed by atoms with Crippen LogP contribution in [0.2, 0.25) is 0 Å². The largest absolute Gasteiger partial charge is 0.395 e. The number of aliphatic hydroxyl groups is 1. The van der Waals surface area contributed by atoms with E-state index in [1.807, 2.05) is 37.3 Å². The van der Waals surface area contributed by atoms with Crippen molar-refractivity contribution in [2.45, 2.75) is 17.9 Å². The Morgan fingerprint density at radius 3 is 2.82 bits per heavy atom. The molecule has 0 aliphatic rings. The second-order valence-corrected chi connectivity index (χ2v) is 5.07. The summed E-state index contributed by atoms with van der Waals surface area (Å²) in [6.07, 6.45) is 0. The fourth-order valence-corrected chi connectivity index (χ4v) is 2.05. The van der Waals surface area contributed by atoms with E-state index in [-0.39, 0.29) is 11.9 Å². The average molecular weight is 250 g/mol. The van der Waals surface area contributed by atoms with Gasteiger partial charge in [0.15, 0.2) is 5.82 Å². The third kappa shape index (κ3) is 3.04. The lowest BCUT2D eigenvalue weighted by atomic mass is 10.3. The zero-order valence-corrected chi connectivity index (χ0v) is 10.3. The van der Waals surface area contributed by atoms with Crippen LogP contribution in [0.3, 0.4) is 0 Å². The Morgan fingerprint density at radius 1 is 1.35 bits per heavy atom. The van der Waals surface area contributed by atoms with Crippen LogP contribution in [-0.4, -0.2) is 37.2 Å². The summed E-state index contributed by atoms with van der Waals surface area (Å²) in [6, 6.07) is 9.77. The summed E-state index contributed by atoms with van der Waals surface area (Å²) in [5.41, 5.74) is 0.949. The minimum Gasteiger partial charge on any atom is -0.395 e. The number of para-hydroxylation sites is 1. The Hall–Kier alpha value is -1.40.